The molecule has 184 valence electrons. The number of halogens is 1. The lowest BCUT2D eigenvalue weighted by molar-refractivity contribution is -0.384. The normalized spacial score (nSPS) is 12.0. The third-order valence-corrected chi connectivity index (χ3v) is 6.51. The molecule has 1 atom stereocenters. The fraction of sp³-hybridized carbons (Fsp3) is 0.364. The summed E-state index contributed by atoms with van der Waals surface area (Å²) >= 11 is 5.94. The number of rotatable bonds is 10. The monoisotopic (exact) mass is 510 g/mol. The Morgan fingerprint density at radius 3 is 2.32 bits per heavy atom. The van der Waals surface area contributed by atoms with E-state index in [4.69, 9.17) is 11.6 Å². The molecule has 1 unspecified atom stereocenters. The maximum absolute atomic E-state index is 13.4. The fourth-order valence-corrected chi connectivity index (χ4v) is 4.29. The summed E-state index contributed by atoms with van der Waals surface area (Å²) in [4.78, 5) is 37.8. The molecule has 0 saturated carbocycles. The number of nitrogens with one attached hydrogen (secondary N) is 1. The summed E-state index contributed by atoms with van der Waals surface area (Å²) in [5.74, 6) is -1.05. The number of carbonyl (C=O) groups excluding carboxylic acids is 2. The summed E-state index contributed by atoms with van der Waals surface area (Å²) in [6, 6.07) is 9.57. The number of non-ortho nitro benzene ring substituents is 1. The number of benzene rings is 2. The zero-order chi connectivity index (χ0) is 25.6. The quantitative estimate of drug-likeness (QED) is 0.386. The Morgan fingerprint density at radius 1 is 1.18 bits per heavy atom. The van der Waals surface area contributed by atoms with Gasteiger partial charge in [-0.2, -0.15) is 0 Å². The van der Waals surface area contributed by atoms with Gasteiger partial charge in [0.2, 0.25) is 21.8 Å². The van der Waals surface area contributed by atoms with Crippen LogP contribution in [0.5, 0.6) is 0 Å². The van der Waals surface area contributed by atoms with Crippen LogP contribution >= 0.6 is 11.6 Å². The van der Waals surface area contributed by atoms with Gasteiger partial charge in [0.05, 0.1) is 16.9 Å². The molecule has 0 heterocycles. The highest BCUT2D eigenvalue weighted by Gasteiger charge is 2.31. The third kappa shape index (κ3) is 6.91. The van der Waals surface area contributed by atoms with Crippen molar-refractivity contribution in [1.29, 1.82) is 0 Å². The predicted molar refractivity (Wildman–Crippen MR) is 130 cm³/mol. The first-order valence-electron chi connectivity index (χ1n) is 10.4. The van der Waals surface area contributed by atoms with E-state index in [1.807, 2.05) is 0 Å². The number of nitro benzene ring substituents is 1. The molecule has 0 spiro atoms. The summed E-state index contributed by atoms with van der Waals surface area (Å²) in [7, 11) is -4.00. The van der Waals surface area contributed by atoms with Crippen LogP contribution < -0.4 is 9.62 Å². The van der Waals surface area contributed by atoms with E-state index in [0.717, 1.165) is 16.6 Å². The third-order valence-electron chi connectivity index (χ3n) is 5.14. The number of amides is 2. The van der Waals surface area contributed by atoms with E-state index in [1.165, 1.54) is 17.0 Å². The minimum Gasteiger partial charge on any atom is -0.355 e. The van der Waals surface area contributed by atoms with Crippen molar-refractivity contribution in [3.8, 4) is 0 Å². The summed E-state index contributed by atoms with van der Waals surface area (Å²) in [6.07, 6.45) is 0.912. The number of hydrogen-bond acceptors (Lipinski definition) is 6. The lowest BCUT2D eigenvalue weighted by Gasteiger charge is -2.31. The van der Waals surface area contributed by atoms with Gasteiger partial charge in [0.15, 0.2) is 0 Å². The first-order chi connectivity index (χ1) is 15.8. The molecule has 0 aliphatic rings. The van der Waals surface area contributed by atoms with Gasteiger partial charge in [-0.1, -0.05) is 29.8 Å². The molecule has 0 bridgehead atoms. The number of carbonyl (C=O) groups is 2. The van der Waals surface area contributed by atoms with Crippen LogP contribution in [-0.4, -0.2) is 55.4 Å². The Kier molecular flexibility index (Phi) is 9.00. The van der Waals surface area contributed by atoms with Gasteiger partial charge in [0.25, 0.3) is 5.69 Å². The van der Waals surface area contributed by atoms with Crippen molar-refractivity contribution in [3.05, 3.63) is 68.7 Å². The second-order valence-electron chi connectivity index (χ2n) is 7.72. The highest BCUT2D eigenvalue weighted by molar-refractivity contribution is 7.92. The number of aryl methyl sites for hydroxylation is 1. The number of nitro groups is 1. The molecule has 34 heavy (non-hydrogen) atoms. The highest BCUT2D eigenvalue weighted by Crippen LogP contribution is 2.28. The van der Waals surface area contributed by atoms with Crippen LogP contribution in [0.15, 0.2) is 42.5 Å². The smallest absolute Gasteiger partial charge is 0.271 e. The molecule has 2 rings (SSSR count). The van der Waals surface area contributed by atoms with Crippen molar-refractivity contribution in [2.45, 2.75) is 33.4 Å². The molecule has 2 aromatic rings. The van der Waals surface area contributed by atoms with Crippen LogP contribution in [0.25, 0.3) is 0 Å². The second-order valence-corrected chi connectivity index (χ2v) is 10.1. The van der Waals surface area contributed by atoms with Crippen LogP contribution in [0, 0.1) is 17.0 Å². The van der Waals surface area contributed by atoms with E-state index in [1.54, 1.807) is 45.0 Å². The molecule has 0 aliphatic heterocycles. The molecule has 2 aromatic carbocycles. The van der Waals surface area contributed by atoms with Crippen LogP contribution in [-0.2, 0) is 26.2 Å². The molecule has 0 fully saturated rings. The first-order valence-corrected chi connectivity index (χ1v) is 12.6. The molecular formula is C22H27ClN4O6S. The lowest BCUT2D eigenvalue weighted by atomic mass is 10.1. The summed E-state index contributed by atoms with van der Waals surface area (Å²) < 4.78 is 26.0. The van der Waals surface area contributed by atoms with Crippen molar-refractivity contribution in [1.82, 2.24) is 10.2 Å². The maximum Gasteiger partial charge on any atom is 0.271 e. The molecule has 0 aliphatic carbocycles. The summed E-state index contributed by atoms with van der Waals surface area (Å²) in [6.45, 7) is 4.62. The van der Waals surface area contributed by atoms with Crippen molar-refractivity contribution < 1.29 is 22.9 Å². The number of nitrogens with zero attached hydrogens (tertiary/aromatic N) is 3. The molecule has 10 nitrogen and oxygen atoms in total. The van der Waals surface area contributed by atoms with Crippen LogP contribution in [0.4, 0.5) is 11.4 Å². The van der Waals surface area contributed by atoms with Crippen LogP contribution in [0.3, 0.4) is 0 Å². The van der Waals surface area contributed by atoms with Crippen molar-refractivity contribution in [2.75, 3.05) is 23.7 Å². The molecule has 0 aromatic heterocycles. The molecule has 2 amide bonds. The highest BCUT2D eigenvalue weighted by atomic mass is 35.5. The van der Waals surface area contributed by atoms with Crippen molar-refractivity contribution >= 4 is 44.8 Å². The number of sulfonamides is 1. The average Bonchev–Trinajstić information content (AvgIpc) is 2.76. The minimum absolute atomic E-state index is 0.0159. The predicted octanol–water partition coefficient (Wildman–Crippen LogP) is 2.88. The second kappa shape index (κ2) is 11.3. The van der Waals surface area contributed by atoms with E-state index in [9.17, 15) is 28.1 Å². The molecule has 0 saturated heterocycles. The zero-order valence-electron chi connectivity index (χ0n) is 19.3. The maximum atomic E-state index is 13.4. The zero-order valence-corrected chi connectivity index (χ0v) is 20.9. The summed E-state index contributed by atoms with van der Waals surface area (Å²) in [5, 5.41) is 14.4. The van der Waals surface area contributed by atoms with E-state index < -0.39 is 39.3 Å². The number of anilines is 1. The van der Waals surface area contributed by atoms with E-state index >= 15 is 0 Å². The van der Waals surface area contributed by atoms with Gasteiger partial charge in [-0.25, -0.2) is 8.42 Å². The molecular weight excluding hydrogens is 484 g/mol. The van der Waals surface area contributed by atoms with Crippen LogP contribution in [0.1, 0.15) is 25.0 Å². The van der Waals surface area contributed by atoms with Crippen LogP contribution in [0.2, 0.25) is 5.02 Å². The van der Waals surface area contributed by atoms with Gasteiger partial charge in [0.1, 0.15) is 12.6 Å². The standard InChI is InChI=1S/C22H27ClN4O6S/c1-5-24-22(29)16(3)25(13-17-7-9-18(23)10-8-17)21(28)14-26(34(4,32)33)20-12-19(27(30)31)11-6-15(20)2/h6-12,16H,5,13-14H2,1-4H3,(H,24,29). The van der Waals surface area contributed by atoms with E-state index in [0.29, 0.717) is 22.7 Å². The van der Waals surface area contributed by atoms with Crippen molar-refractivity contribution in [2.24, 2.45) is 0 Å². The van der Waals surface area contributed by atoms with Gasteiger partial charge < -0.3 is 10.2 Å². The van der Waals surface area contributed by atoms with Gasteiger partial charge in [0, 0.05) is 30.2 Å². The SMILES string of the molecule is CCNC(=O)C(C)N(Cc1ccc(Cl)cc1)C(=O)CN(c1cc([N+](=O)[O-])ccc1C)S(C)(=O)=O. The Morgan fingerprint density at radius 2 is 1.79 bits per heavy atom. The lowest BCUT2D eigenvalue weighted by Crippen LogP contribution is -2.51. The Bertz CT molecular complexity index is 1170. The molecule has 12 heteroatoms. The van der Waals surface area contributed by atoms with Crippen molar-refractivity contribution in [3.63, 3.8) is 0 Å². The Balaban J connectivity index is 2.46. The van der Waals surface area contributed by atoms with E-state index in [-0.39, 0.29) is 17.9 Å². The minimum atomic E-state index is -4.00. The van der Waals surface area contributed by atoms with Gasteiger partial charge in [-0.05, 0) is 44.0 Å². The molecule has 0 radical (unpaired) electrons. The Labute approximate surface area is 203 Å². The van der Waals surface area contributed by atoms with Gasteiger partial charge in [-0.3, -0.25) is 24.0 Å². The fourth-order valence-electron chi connectivity index (χ4n) is 3.27. The largest absolute Gasteiger partial charge is 0.355 e. The summed E-state index contributed by atoms with van der Waals surface area (Å²) in [5.41, 5.74) is 0.828. The first kappa shape index (κ1) is 27.1. The topological polar surface area (TPSA) is 130 Å². The van der Waals surface area contributed by atoms with Gasteiger partial charge >= 0.3 is 0 Å². The molecule has 1 N–H and O–H groups in total. The number of likely N-dealkylation sites (N-methyl/N-ethyl adjacent to an activating group) is 1. The average molecular weight is 511 g/mol. The number of hydrogen-bond donors (Lipinski definition) is 1. The van der Waals surface area contributed by atoms with E-state index in [2.05, 4.69) is 5.32 Å². The Hall–Kier alpha value is -3.18. The van der Waals surface area contributed by atoms with Gasteiger partial charge in [-0.15, -0.1) is 0 Å².